The number of halogens is 2. The van der Waals surface area contributed by atoms with Gasteiger partial charge in [0.25, 0.3) is 11.5 Å². The van der Waals surface area contributed by atoms with Crippen molar-refractivity contribution >= 4 is 29.1 Å². The Morgan fingerprint density at radius 3 is 2.54 bits per heavy atom. The number of rotatable bonds is 4. The molecule has 1 amide bonds. The average Bonchev–Trinajstić information content (AvgIpc) is 2.62. The number of aromatic hydroxyl groups is 1. The molecular formula is C18H13Cl2N3O3. The van der Waals surface area contributed by atoms with Crippen molar-refractivity contribution in [1.29, 1.82) is 0 Å². The van der Waals surface area contributed by atoms with Gasteiger partial charge >= 0.3 is 0 Å². The zero-order valence-corrected chi connectivity index (χ0v) is 14.8. The van der Waals surface area contributed by atoms with Crippen molar-refractivity contribution in [2.45, 2.75) is 6.54 Å². The predicted molar refractivity (Wildman–Crippen MR) is 99.6 cm³/mol. The summed E-state index contributed by atoms with van der Waals surface area (Å²) >= 11 is 11.9. The van der Waals surface area contributed by atoms with Crippen LogP contribution in [0.4, 0.5) is 0 Å². The number of benzene rings is 2. The van der Waals surface area contributed by atoms with E-state index in [1.165, 1.54) is 18.2 Å². The highest BCUT2D eigenvalue weighted by molar-refractivity contribution is 6.35. The number of aromatic nitrogens is 2. The van der Waals surface area contributed by atoms with Crippen molar-refractivity contribution in [3.05, 3.63) is 80.1 Å². The molecule has 1 heterocycles. The Bertz CT molecular complexity index is 1020. The summed E-state index contributed by atoms with van der Waals surface area (Å²) in [6, 6.07) is 12.6. The van der Waals surface area contributed by atoms with E-state index in [-0.39, 0.29) is 17.9 Å². The van der Waals surface area contributed by atoms with Gasteiger partial charge in [-0.3, -0.25) is 9.59 Å². The minimum atomic E-state index is -0.604. The minimum absolute atomic E-state index is 0.0758. The average molecular weight is 390 g/mol. The molecule has 26 heavy (non-hydrogen) atoms. The van der Waals surface area contributed by atoms with Crippen LogP contribution in [0.25, 0.3) is 11.3 Å². The maximum Gasteiger partial charge on any atom is 0.277 e. The Balaban J connectivity index is 1.81. The molecule has 0 unspecified atom stereocenters. The largest absolute Gasteiger partial charge is 0.508 e. The van der Waals surface area contributed by atoms with Crippen LogP contribution in [0.3, 0.4) is 0 Å². The third-order valence-corrected chi connectivity index (χ3v) is 4.25. The van der Waals surface area contributed by atoms with Crippen molar-refractivity contribution in [2.75, 3.05) is 0 Å². The molecule has 0 saturated carbocycles. The quantitative estimate of drug-likeness (QED) is 0.637. The lowest BCUT2D eigenvalue weighted by atomic mass is 10.1. The maximum atomic E-state index is 12.4. The number of hydrogen-bond donors (Lipinski definition) is 3. The molecule has 6 nitrogen and oxygen atoms in total. The van der Waals surface area contributed by atoms with Crippen molar-refractivity contribution in [2.24, 2.45) is 0 Å². The van der Waals surface area contributed by atoms with Gasteiger partial charge in [0, 0.05) is 22.2 Å². The van der Waals surface area contributed by atoms with Gasteiger partial charge in [0.15, 0.2) is 0 Å². The van der Waals surface area contributed by atoms with Crippen LogP contribution in [0.2, 0.25) is 10.0 Å². The molecule has 0 aliphatic rings. The number of nitrogens with zero attached hydrogens (tertiary/aromatic N) is 1. The fourth-order valence-corrected chi connectivity index (χ4v) is 2.77. The molecule has 0 atom stereocenters. The van der Waals surface area contributed by atoms with E-state index in [0.717, 1.165) is 0 Å². The number of amides is 1. The van der Waals surface area contributed by atoms with Gasteiger partial charge in [-0.2, -0.15) is 5.10 Å². The van der Waals surface area contributed by atoms with Gasteiger partial charge in [0.05, 0.1) is 5.69 Å². The highest BCUT2D eigenvalue weighted by Gasteiger charge is 2.14. The SMILES string of the molecule is O=C(NCc1ccc(Cl)cc1Cl)c1cc(-c2ccc(O)cc2)n[nH]c1=O. The molecule has 3 N–H and O–H groups in total. The molecule has 0 fully saturated rings. The van der Waals surface area contributed by atoms with Gasteiger partial charge in [0.1, 0.15) is 11.3 Å². The van der Waals surface area contributed by atoms with Crippen LogP contribution in [0, 0.1) is 0 Å². The Hall–Kier alpha value is -2.83. The Morgan fingerprint density at radius 1 is 1.12 bits per heavy atom. The van der Waals surface area contributed by atoms with Crippen molar-refractivity contribution in [3.63, 3.8) is 0 Å². The predicted octanol–water partition coefficient (Wildman–Crippen LogP) is 3.38. The zero-order valence-electron chi connectivity index (χ0n) is 13.3. The van der Waals surface area contributed by atoms with E-state index in [4.69, 9.17) is 23.2 Å². The van der Waals surface area contributed by atoms with Gasteiger partial charge in [-0.1, -0.05) is 29.3 Å². The van der Waals surface area contributed by atoms with Gasteiger partial charge in [0.2, 0.25) is 0 Å². The Kier molecular flexibility index (Phi) is 5.25. The molecule has 3 aromatic rings. The van der Waals surface area contributed by atoms with Gasteiger partial charge in [-0.25, -0.2) is 5.10 Å². The number of carbonyl (C=O) groups excluding carboxylic acids is 1. The lowest BCUT2D eigenvalue weighted by Gasteiger charge is -2.08. The van der Waals surface area contributed by atoms with E-state index in [1.807, 2.05) is 0 Å². The summed E-state index contributed by atoms with van der Waals surface area (Å²) in [5, 5.41) is 19.1. The molecule has 0 aliphatic carbocycles. The molecule has 132 valence electrons. The van der Waals surface area contributed by atoms with E-state index in [0.29, 0.717) is 26.9 Å². The van der Waals surface area contributed by atoms with Gasteiger partial charge in [-0.15, -0.1) is 0 Å². The Labute approximate surface area is 158 Å². The molecular weight excluding hydrogens is 377 g/mol. The van der Waals surface area contributed by atoms with E-state index < -0.39 is 11.5 Å². The van der Waals surface area contributed by atoms with Crippen LogP contribution < -0.4 is 10.9 Å². The summed E-state index contributed by atoms with van der Waals surface area (Å²) in [6.07, 6.45) is 0. The van der Waals surface area contributed by atoms with Gasteiger partial charge < -0.3 is 10.4 Å². The lowest BCUT2D eigenvalue weighted by molar-refractivity contribution is 0.0949. The smallest absolute Gasteiger partial charge is 0.277 e. The highest BCUT2D eigenvalue weighted by atomic mass is 35.5. The summed E-state index contributed by atoms with van der Waals surface area (Å²) in [7, 11) is 0. The summed E-state index contributed by atoms with van der Waals surface area (Å²) < 4.78 is 0. The van der Waals surface area contributed by atoms with E-state index >= 15 is 0 Å². The van der Waals surface area contributed by atoms with Crippen LogP contribution in [-0.2, 0) is 6.54 Å². The van der Waals surface area contributed by atoms with E-state index in [1.54, 1.807) is 30.3 Å². The first kappa shape index (κ1) is 18.0. The number of hydrogen-bond acceptors (Lipinski definition) is 4. The van der Waals surface area contributed by atoms with Crippen LogP contribution >= 0.6 is 23.2 Å². The molecule has 0 bridgehead atoms. The first-order valence-corrected chi connectivity index (χ1v) is 8.31. The van der Waals surface area contributed by atoms with Crippen LogP contribution in [-0.4, -0.2) is 21.2 Å². The molecule has 0 saturated heterocycles. The number of phenols is 1. The van der Waals surface area contributed by atoms with Crippen LogP contribution in [0.1, 0.15) is 15.9 Å². The van der Waals surface area contributed by atoms with Crippen molar-refractivity contribution in [1.82, 2.24) is 15.5 Å². The van der Waals surface area contributed by atoms with Crippen LogP contribution in [0.15, 0.2) is 53.3 Å². The lowest BCUT2D eigenvalue weighted by Crippen LogP contribution is -2.29. The second-order valence-corrected chi connectivity index (χ2v) is 6.30. The fraction of sp³-hybridized carbons (Fsp3) is 0.0556. The normalized spacial score (nSPS) is 10.5. The number of phenolic OH excluding ortho intramolecular Hbond substituents is 1. The first-order chi connectivity index (χ1) is 12.4. The second kappa shape index (κ2) is 7.59. The third kappa shape index (κ3) is 4.04. The summed E-state index contributed by atoms with van der Waals surface area (Å²) in [5.74, 6) is -0.448. The summed E-state index contributed by atoms with van der Waals surface area (Å²) in [6.45, 7) is 0.144. The minimum Gasteiger partial charge on any atom is -0.508 e. The van der Waals surface area contributed by atoms with E-state index in [9.17, 15) is 14.7 Å². The first-order valence-electron chi connectivity index (χ1n) is 7.55. The molecule has 3 rings (SSSR count). The Morgan fingerprint density at radius 2 is 1.85 bits per heavy atom. The topological polar surface area (TPSA) is 95.1 Å². The summed E-state index contributed by atoms with van der Waals surface area (Å²) in [4.78, 5) is 24.3. The van der Waals surface area contributed by atoms with Crippen LogP contribution in [0.5, 0.6) is 5.75 Å². The molecule has 1 aromatic heterocycles. The molecule has 0 aliphatic heterocycles. The monoisotopic (exact) mass is 389 g/mol. The van der Waals surface area contributed by atoms with Gasteiger partial charge in [-0.05, 0) is 48.0 Å². The zero-order chi connectivity index (χ0) is 18.7. The number of carbonyl (C=O) groups is 1. The third-order valence-electron chi connectivity index (χ3n) is 3.67. The molecule has 2 aromatic carbocycles. The van der Waals surface area contributed by atoms with Crippen molar-refractivity contribution in [3.8, 4) is 17.0 Å². The number of H-pyrrole nitrogens is 1. The maximum absolute atomic E-state index is 12.4. The number of nitrogens with one attached hydrogen (secondary N) is 2. The van der Waals surface area contributed by atoms with E-state index in [2.05, 4.69) is 15.5 Å². The number of aromatic amines is 1. The fourth-order valence-electron chi connectivity index (χ4n) is 2.29. The van der Waals surface area contributed by atoms with Crippen molar-refractivity contribution < 1.29 is 9.90 Å². The summed E-state index contributed by atoms with van der Waals surface area (Å²) in [5.41, 5.74) is 1.04. The molecule has 8 heteroatoms. The highest BCUT2D eigenvalue weighted by Crippen LogP contribution is 2.21. The molecule has 0 spiro atoms. The second-order valence-electron chi connectivity index (χ2n) is 5.46. The molecule has 0 radical (unpaired) electrons. The standard InChI is InChI=1S/C18H13Cl2N3O3/c19-12-4-1-11(15(20)7-12)9-21-17(25)14-8-16(22-23-18(14)26)10-2-5-13(24)6-3-10/h1-8,24H,9H2,(H,21,25)(H,23,26).